The Hall–Kier alpha value is -1.43. The highest BCUT2D eigenvalue weighted by atomic mass is 16.5. The van der Waals surface area contributed by atoms with E-state index in [1.54, 1.807) is 0 Å². The first-order valence-corrected chi connectivity index (χ1v) is 6.00. The average molecular weight is 237 g/mol. The average Bonchev–Trinajstić information content (AvgIpc) is 2.87. The summed E-state index contributed by atoms with van der Waals surface area (Å²) in [5, 5.41) is 12.8. The molecular formula is C11H15N3O3. The topological polar surface area (TPSA) is 79.5 Å². The molecule has 6 heteroatoms. The molecule has 0 spiro atoms. The Morgan fingerprint density at radius 1 is 1.47 bits per heavy atom. The number of likely N-dealkylation sites (tertiary alicyclic amines) is 1. The lowest BCUT2D eigenvalue weighted by Gasteiger charge is -2.11. The number of hydrogen-bond donors (Lipinski definition) is 1. The SMILES string of the molecule is O=C(O)[C@H]1CCN(Cc2noc(C3CC3)n2)C1. The predicted octanol–water partition coefficient (Wildman–Crippen LogP) is 0.853. The minimum Gasteiger partial charge on any atom is -0.481 e. The first-order chi connectivity index (χ1) is 8.22. The van der Waals surface area contributed by atoms with E-state index in [4.69, 9.17) is 9.63 Å². The Bertz CT molecular complexity index is 427. The number of carbonyl (C=O) groups is 1. The van der Waals surface area contributed by atoms with Gasteiger partial charge in [0.05, 0.1) is 12.5 Å². The molecule has 1 saturated carbocycles. The number of carboxylic acid groups (broad SMARTS) is 1. The van der Waals surface area contributed by atoms with Gasteiger partial charge in [-0.15, -0.1) is 0 Å². The van der Waals surface area contributed by atoms with E-state index >= 15 is 0 Å². The van der Waals surface area contributed by atoms with Crippen molar-refractivity contribution >= 4 is 5.97 Å². The molecule has 1 saturated heterocycles. The summed E-state index contributed by atoms with van der Waals surface area (Å²) in [6.07, 6.45) is 3.00. The predicted molar refractivity (Wildman–Crippen MR) is 57.3 cm³/mol. The second kappa shape index (κ2) is 4.10. The van der Waals surface area contributed by atoms with Crippen LogP contribution in [0, 0.1) is 5.92 Å². The van der Waals surface area contributed by atoms with Crippen LogP contribution in [0.3, 0.4) is 0 Å². The lowest BCUT2D eigenvalue weighted by Crippen LogP contribution is -2.23. The maximum atomic E-state index is 10.8. The van der Waals surface area contributed by atoms with Gasteiger partial charge in [0.25, 0.3) is 0 Å². The van der Waals surface area contributed by atoms with Crippen LogP contribution >= 0.6 is 0 Å². The number of hydrogen-bond acceptors (Lipinski definition) is 5. The lowest BCUT2D eigenvalue weighted by atomic mass is 10.1. The zero-order chi connectivity index (χ0) is 11.8. The normalized spacial score (nSPS) is 25.3. The van der Waals surface area contributed by atoms with Crippen LogP contribution in [0.15, 0.2) is 4.52 Å². The third kappa shape index (κ3) is 2.31. The summed E-state index contributed by atoms with van der Waals surface area (Å²) in [6, 6.07) is 0. The van der Waals surface area contributed by atoms with Crippen LogP contribution in [0.25, 0.3) is 0 Å². The molecule has 6 nitrogen and oxygen atoms in total. The molecule has 3 rings (SSSR count). The standard InChI is InChI=1S/C11H15N3O3/c15-11(16)8-3-4-14(5-8)6-9-12-10(17-13-9)7-1-2-7/h7-8H,1-6H2,(H,15,16)/t8-/m0/s1. The maximum absolute atomic E-state index is 10.8. The van der Waals surface area contributed by atoms with Crippen molar-refractivity contribution < 1.29 is 14.4 Å². The fourth-order valence-electron chi connectivity index (χ4n) is 2.21. The molecule has 0 aromatic carbocycles. The molecule has 17 heavy (non-hydrogen) atoms. The molecule has 2 aliphatic rings. The highest BCUT2D eigenvalue weighted by molar-refractivity contribution is 5.70. The minimum absolute atomic E-state index is 0.246. The van der Waals surface area contributed by atoms with Crippen LogP contribution in [-0.4, -0.2) is 39.2 Å². The Kier molecular flexibility index (Phi) is 2.58. The highest BCUT2D eigenvalue weighted by Crippen LogP contribution is 2.38. The summed E-state index contributed by atoms with van der Waals surface area (Å²) < 4.78 is 5.17. The number of aromatic nitrogens is 2. The van der Waals surface area contributed by atoms with E-state index in [9.17, 15) is 4.79 Å². The quantitative estimate of drug-likeness (QED) is 0.836. The Labute approximate surface area is 98.6 Å². The van der Waals surface area contributed by atoms with E-state index < -0.39 is 5.97 Å². The van der Waals surface area contributed by atoms with E-state index in [1.807, 2.05) is 0 Å². The molecule has 92 valence electrons. The minimum atomic E-state index is -0.709. The Morgan fingerprint density at radius 3 is 2.94 bits per heavy atom. The van der Waals surface area contributed by atoms with Gasteiger partial charge in [0.1, 0.15) is 0 Å². The third-order valence-electron chi connectivity index (χ3n) is 3.40. The van der Waals surface area contributed by atoms with Crippen LogP contribution in [0.2, 0.25) is 0 Å². The van der Waals surface area contributed by atoms with Gasteiger partial charge < -0.3 is 9.63 Å². The summed E-state index contributed by atoms with van der Waals surface area (Å²) in [7, 11) is 0. The van der Waals surface area contributed by atoms with Crippen LogP contribution in [0.4, 0.5) is 0 Å². The smallest absolute Gasteiger partial charge is 0.307 e. The maximum Gasteiger partial charge on any atom is 0.307 e. The molecule has 2 heterocycles. The van der Waals surface area contributed by atoms with E-state index in [2.05, 4.69) is 15.0 Å². The van der Waals surface area contributed by atoms with E-state index in [-0.39, 0.29) is 5.92 Å². The van der Waals surface area contributed by atoms with Gasteiger partial charge in [-0.05, 0) is 25.8 Å². The molecule has 0 amide bonds. The van der Waals surface area contributed by atoms with Crippen molar-refractivity contribution in [3.8, 4) is 0 Å². The second-order valence-electron chi connectivity index (χ2n) is 4.88. The zero-order valence-electron chi connectivity index (χ0n) is 9.50. The van der Waals surface area contributed by atoms with Gasteiger partial charge in [-0.3, -0.25) is 9.69 Å². The summed E-state index contributed by atoms with van der Waals surface area (Å²) >= 11 is 0. The molecule has 1 aliphatic carbocycles. The summed E-state index contributed by atoms with van der Waals surface area (Å²) in [4.78, 5) is 17.2. The van der Waals surface area contributed by atoms with Crippen molar-refractivity contribution in [2.75, 3.05) is 13.1 Å². The van der Waals surface area contributed by atoms with Crippen molar-refractivity contribution in [2.24, 2.45) is 5.92 Å². The first kappa shape index (κ1) is 10.7. The van der Waals surface area contributed by atoms with Gasteiger partial charge in [0, 0.05) is 12.5 Å². The number of rotatable bonds is 4. The molecule has 0 unspecified atom stereocenters. The summed E-state index contributed by atoms with van der Waals surface area (Å²) in [6.45, 7) is 1.98. The molecule has 1 aromatic heterocycles. The molecule has 0 bridgehead atoms. The van der Waals surface area contributed by atoms with Crippen LogP contribution in [0.5, 0.6) is 0 Å². The molecular weight excluding hydrogens is 222 g/mol. The van der Waals surface area contributed by atoms with E-state index in [1.165, 1.54) is 0 Å². The van der Waals surface area contributed by atoms with Gasteiger partial charge in [-0.1, -0.05) is 5.16 Å². The monoisotopic (exact) mass is 237 g/mol. The second-order valence-corrected chi connectivity index (χ2v) is 4.88. The number of nitrogens with zero attached hydrogens (tertiary/aromatic N) is 3. The molecule has 1 N–H and O–H groups in total. The fraction of sp³-hybridized carbons (Fsp3) is 0.727. The first-order valence-electron chi connectivity index (χ1n) is 6.00. The molecule has 0 radical (unpaired) electrons. The highest BCUT2D eigenvalue weighted by Gasteiger charge is 2.31. The van der Waals surface area contributed by atoms with Crippen LogP contribution in [0.1, 0.15) is 36.9 Å². The van der Waals surface area contributed by atoms with Crippen molar-refractivity contribution in [1.29, 1.82) is 0 Å². The molecule has 1 atom stereocenters. The zero-order valence-corrected chi connectivity index (χ0v) is 9.50. The van der Waals surface area contributed by atoms with E-state index in [0.29, 0.717) is 31.3 Å². The fourth-order valence-corrected chi connectivity index (χ4v) is 2.21. The third-order valence-corrected chi connectivity index (χ3v) is 3.40. The van der Waals surface area contributed by atoms with Gasteiger partial charge >= 0.3 is 5.97 Å². The summed E-state index contributed by atoms with van der Waals surface area (Å²) in [5.41, 5.74) is 0. The Morgan fingerprint density at radius 2 is 2.29 bits per heavy atom. The van der Waals surface area contributed by atoms with Gasteiger partial charge in [0.2, 0.25) is 5.89 Å². The van der Waals surface area contributed by atoms with Crippen LogP contribution < -0.4 is 0 Å². The number of aliphatic carboxylic acids is 1. The Balaban J connectivity index is 1.57. The molecule has 1 aliphatic heterocycles. The van der Waals surface area contributed by atoms with Crippen molar-refractivity contribution in [1.82, 2.24) is 15.0 Å². The van der Waals surface area contributed by atoms with E-state index in [0.717, 1.165) is 25.3 Å². The van der Waals surface area contributed by atoms with Crippen molar-refractivity contribution in [2.45, 2.75) is 31.7 Å². The largest absolute Gasteiger partial charge is 0.481 e. The van der Waals surface area contributed by atoms with Gasteiger partial charge in [-0.2, -0.15) is 4.98 Å². The van der Waals surface area contributed by atoms with Crippen molar-refractivity contribution in [3.63, 3.8) is 0 Å². The molecule has 1 aromatic rings. The molecule has 2 fully saturated rings. The van der Waals surface area contributed by atoms with Crippen LogP contribution in [-0.2, 0) is 11.3 Å². The lowest BCUT2D eigenvalue weighted by molar-refractivity contribution is -0.141. The number of carboxylic acids is 1. The summed E-state index contributed by atoms with van der Waals surface area (Å²) in [5.74, 6) is 0.942. The van der Waals surface area contributed by atoms with Gasteiger partial charge in [0.15, 0.2) is 5.82 Å². The van der Waals surface area contributed by atoms with Gasteiger partial charge in [-0.25, -0.2) is 0 Å². The van der Waals surface area contributed by atoms with Crippen molar-refractivity contribution in [3.05, 3.63) is 11.7 Å².